The van der Waals surface area contributed by atoms with Crippen LogP contribution in [0.4, 0.5) is 0 Å². The quantitative estimate of drug-likeness (QED) is 0.487. The summed E-state index contributed by atoms with van der Waals surface area (Å²) >= 11 is 0. The molecule has 1 aromatic carbocycles. The Kier molecular flexibility index (Phi) is 8.76. The second kappa shape index (κ2) is 11.0. The van der Waals surface area contributed by atoms with E-state index in [0.717, 1.165) is 43.5 Å². The minimum absolute atomic E-state index is 0.209. The van der Waals surface area contributed by atoms with Crippen molar-refractivity contribution in [1.82, 2.24) is 20.4 Å². The second-order valence-electron chi connectivity index (χ2n) is 8.27. The molecule has 7 nitrogen and oxygen atoms in total. The Balaban J connectivity index is 1.88. The number of hydrogen-bond donors (Lipinski definition) is 2. The van der Waals surface area contributed by atoms with Crippen LogP contribution in [0.5, 0.6) is 5.75 Å². The summed E-state index contributed by atoms with van der Waals surface area (Å²) < 4.78 is 5.81. The first-order valence-electron chi connectivity index (χ1n) is 10.4. The van der Waals surface area contributed by atoms with Gasteiger partial charge in [0.05, 0.1) is 5.41 Å². The standard InChI is InChI=1S/C22H37N5O2/c1-23-21(25-17-22(11-6-7-12-22)20(28)27(4)5)24-16-18-9-8-10-19(15-18)29-14-13-26(2)3/h8-10,15H,6-7,11-14,16-17H2,1-5H3,(H2,23,24,25). The van der Waals surface area contributed by atoms with Crippen LogP contribution in [0, 0.1) is 5.41 Å². The van der Waals surface area contributed by atoms with Crippen LogP contribution >= 0.6 is 0 Å². The number of likely N-dealkylation sites (N-methyl/N-ethyl adjacent to an activating group) is 1. The molecular formula is C22H37N5O2. The summed E-state index contributed by atoms with van der Waals surface area (Å²) in [5, 5.41) is 6.72. The monoisotopic (exact) mass is 403 g/mol. The van der Waals surface area contributed by atoms with Crippen LogP contribution in [0.25, 0.3) is 0 Å². The molecule has 0 bridgehead atoms. The predicted molar refractivity (Wildman–Crippen MR) is 118 cm³/mol. The Morgan fingerprint density at radius 2 is 1.90 bits per heavy atom. The Morgan fingerprint density at radius 3 is 2.52 bits per heavy atom. The molecule has 2 rings (SSSR count). The maximum atomic E-state index is 12.7. The van der Waals surface area contributed by atoms with Crippen molar-refractivity contribution in [2.75, 3.05) is 54.9 Å². The zero-order valence-electron chi connectivity index (χ0n) is 18.6. The summed E-state index contributed by atoms with van der Waals surface area (Å²) in [6.07, 6.45) is 4.07. The number of nitrogens with one attached hydrogen (secondary N) is 2. The van der Waals surface area contributed by atoms with Gasteiger partial charge in [0, 0.05) is 40.8 Å². The van der Waals surface area contributed by atoms with E-state index in [0.29, 0.717) is 25.7 Å². The van der Waals surface area contributed by atoms with E-state index in [1.54, 1.807) is 11.9 Å². The van der Waals surface area contributed by atoms with E-state index in [2.05, 4.69) is 26.6 Å². The summed E-state index contributed by atoms with van der Waals surface area (Å²) in [7, 11) is 9.49. The average molecular weight is 404 g/mol. The van der Waals surface area contributed by atoms with Gasteiger partial charge in [0.1, 0.15) is 12.4 Å². The molecule has 0 radical (unpaired) electrons. The Labute approximate surface area is 175 Å². The molecule has 0 aromatic heterocycles. The third kappa shape index (κ3) is 6.92. The van der Waals surface area contributed by atoms with Gasteiger partial charge in [-0.15, -0.1) is 0 Å². The van der Waals surface area contributed by atoms with Crippen LogP contribution in [0.3, 0.4) is 0 Å². The van der Waals surface area contributed by atoms with Crippen molar-refractivity contribution in [2.45, 2.75) is 32.2 Å². The first kappa shape index (κ1) is 23.0. The van der Waals surface area contributed by atoms with Gasteiger partial charge in [-0.25, -0.2) is 0 Å². The largest absolute Gasteiger partial charge is 0.492 e. The van der Waals surface area contributed by atoms with E-state index in [9.17, 15) is 4.79 Å². The first-order chi connectivity index (χ1) is 13.9. The van der Waals surface area contributed by atoms with Gasteiger partial charge in [0.2, 0.25) is 5.91 Å². The van der Waals surface area contributed by atoms with Crippen molar-refractivity contribution in [3.05, 3.63) is 29.8 Å². The molecule has 2 N–H and O–H groups in total. The number of guanidine groups is 1. The first-order valence-corrected chi connectivity index (χ1v) is 10.4. The van der Waals surface area contributed by atoms with Gasteiger partial charge in [0.15, 0.2) is 5.96 Å². The molecule has 0 heterocycles. The lowest BCUT2D eigenvalue weighted by Gasteiger charge is -2.31. The lowest BCUT2D eigenvalue weighted by Crippen LogP contribution is -2.49. The molecule has 1 aliphatic carbocycles. The van der Waals surface area contributed by atoms with Gasteiger partial charge >= 0.3 is 0 Å². The molecule has 29 heavy (non-hydrogen) atoms. The van der Waals surface area contributed by atoms with Gasteiger partial charge in [0.25, 0.3) is 0 Å². The molecule has 7 heteroatoms. The summed E-state index contributed by atoms with van der Waals surface area (Å²) in [4.78, 5) is 20.9. The molecule has 162 valence electrons. The highest BCUT2D eigenvalue weighted by atomic mass is 16.5. The van der Waals surface area contributed by atoms with Crippen LogP contribution < -0.4 is 15.4 Å². The SMILES string of the molecule is CN=C(NCc1cccc(OCCN(C)C)c1)NCC1(C(=O)N(C)C)CCCC1. The zero-order valence-corrected chi connectivity index (χ0v) is 18.6. The number of carbonyl (C=O) groups is 1. The molecule has 1 amide bonds. The van der Waals surface area contributed by atoms with Crippen molar-refractivity contribution in [2.24, 2.45) is 10.4 Å². The minimum atomic E-state index is -0.318. The fraction of sp³-hybridized carbons (Fsp3) is 0.636. The van der Waals surface area contributed by atoms with Crippen LogP contribution in [0.2, 0.25) is 0 Å². The van der Waals surface area contributed by atoms with Gasteiger partial charge in [-0.3, -0.25) is 9.79 Å². The summed E-state index contributed by atoms with van der Waals surface area (Å²) in [6, 6.07) is 8.08. The van der Waals surface area contributed by atoms with Crippen molar-refractivity contribution in [1.29, 1.82) is 0 Å². The summed E-state index contributed by atoms with van der Waals surface area (Å²) in [5.74, 6) is 1.79. The molecule has 0 atom stereocenters. The highest BCUT2D eigenvalue weighted by Gasteiger charge is 2.42. The topological polar surface area (TPSA) is 69.2 Å². The molecule has 1 fully saturated rings. The molecule has 0 saturated heterocycles. The van der Waals surface area contributed by atoms with Gasteiger partial charge in [-0.05, 0) is 44.6 Å². The van der Waals surface area contributed by atoms with Gasteiger partial charge < -0.3 is 25.2 Å². The lowest BCUT2D eigenvalue weighted by atomic mass is 9.84. The normalized spacial score (nSPS) is 16.0. The summed E-state index contributed by atoms with van der Waals surface area (Å²) in [6.45, 7) is 2.79. The fourth-order valence-electron chi connectivity index (χ4n) is 3.74. The number of rotatable bonds is 9. The maximum Gasteiger partial charge on any atom is 0.230 e. The predicted octanol–water partition coefficient (Wildman–Crippen LogP) is 1.94. The number of aliphatic imine (C=N–C) groups is 1. The average Bonchev–Trinajstić information content (AvgIpc) is 3.17. The second-order valence-corrected chi connectivity index (χ2v) is 8.27. The number of carbonyl (C=O) groups excluding carboxylic acids is 1. The zero-order chi connectivity index (χ0) is 21.3. The van der Waals surface area contributed by atoms with E-state index < -0.39 is 0 Å². The van der Waals surface area contributed by atoms with E-state index in [1.165, 1.54) is 0 Å². The van der Waals surface area contributed by atoms with Gasteiger partial charge in [-0.1, -0.05) is 25.0 Å². The Bertz CT molecular complexity index is 682. The van der Waals surface area contributed by atoms with E-state index in [1.807, 2.05) is 46.4 Å². The van der Waals surface area contributed by atoms with Crippen LogP contribution in [-0.4, -0.2) is 76.6 Å². The van der Waals surface area contributed by atoms with Crippen molar-refractivity contribution in [3.8, 4) is 5.75 Å². The fourth-order valence-corrected chi connectivity index (χ4v) is 3.74. The molecule has 1 aliphatic rings. The van der Waals surface area contributed by atoms with Crippen LogP contribution in [0.1, 0.15) is 31.2 Å². The molecule has 0 unspecified atom stereocenters. The number of benzene rings is 1. The summed E-state index contributed by atoms with van der Waals surface area (Å²) in [5.41, 5.74) is 0.802. The highest BCUT2D eigenvalue weighted by Crippen LogP contribution is 2.38. The van der Waals surface area contributed by atoms with E-state index in [4.69, 9.17) is 4.74 Å². The number of hydrogen-bond acceptors (Lipinski definition) is 4. The van der Waals surface area contributed by atoms with E-state index >= 15 is 0 Å². The Morgan fingerprint density at radius 1 is 1.17 bits per heavy atom. The van der Waals surface area contributed by atoms with E-state index in [-0.39, 0.29) is 11.3 Å². The minimum Gasteiger partial charge on any atom is -0.492 e. The Hall–Kier alpha value is -2.28. The van der Waals surface area contributed by atoms with Crippen molar-refractivity contribution >= 4 is 11.9 Å². The van der Waals surface area contributed by atoms with Crippen LogP contribution in [-0.2, 0) is 11.3 Å². The number of ether oxygens (including phenoxy) is 1. The molecule has 0 spiro atoms. The van der Waals surface area contributed by atoms with Crippen molar-refractivity contribution in [3.63, 3.8) is 0 Å². The third-order valence-corrected chi connectivity index (χ3v) is 5.40. The third-order valence-electron chi connectivity index (χ3n) is 5.40. The maximum absolute atomic E-state index is 12.7. The van der Waals surface area contributed by atoms with Crippen LogP contribution in [0.15, 0.2) is 29.3 Å². The highest BCUT2D eigenvalue weighted by molar-refractivity contribution is 5.85. The van der Waals surface area contributed by atoms with Crippen molar-refractivity contribution < 1.29 is 9.53 Å². The molecule has 1 aromatic rings. The molecule has 1 saturated carbocycles. The number of nitrogens with zero attached hydrogens (tertiary/aromatic N) is 3. The van der Waals surface area contributed by atoms with Gasteiger partial charge in [-0.2, -0.15) is 0 Å². The molecular weight excluding hydrogens is 366 g/mol. The molecule has 0 aliphatic heterocycles. The lowest BCUT2D eigenvalue weighted by molar-refractivity contribution is -0.138. The smallest absolute Gasteiger partial charge is 0.230 e. The number of amides is 1.